The quantitative estimate of drug-likeness (QED) is 0.164. The first-order chi connectivity index (χ1) is 24.1. The van der Waals surface area contributed by atoms with E-state index in [4.69, 9.17) is 4.74 Å². The van der Waals surface area contributed by atoms with E-state index in [1.54, 1.807) is 35.4 Å². The minimum atomic E-state index is -5.22. The predicted molar refractivity (Wildman–Crippen MR) is 159 cm³/mol. The van der Waals surface area contributed by atoms with Crippen molar-refractivity contribution in [3.63, 3.8) is 0 Å². The third-order valence-corrected chi connectivity index (χ3v) is 9.11. The molecule has 2 saturated heterocycles. The Kier molecular flexibility index (Phi) is 9.28. The SMILES string of the molecule is O=C(O[C@@H]1C[C@H]2CN(C(=O)c3cc(C(F)(F)F)cc(C(F)(F)F)c3)[C@H](Cc3c[nH]c4ccccc34)CN2C1)c1cc(C(F)(F)F)cc(C(F)(F)F)c1. The van der Waals surface area contributed by atoms with Crippen LogP contribution in [0.2, 0.25) is 0 Å². The van der Waals surface area contributed by atoms with Gasteiger partial charge in [0.1, 0.15) is 6.10 Å². The summed E-state index contributed by atoms with van der Waals surface area (Å²) in [6, 6.07) is 6.35. The molecule has 2 aliphatic rings. The number of fused-ring (bicyclic) bond motifs is 2. The van der Waals surface area contributed by atoms with Gasteiger partial charge in [0, 0.05) is 60.8 Å². The van der Waals surface area contributed by atoms with E-state index in [2.05, 4.69) is 4.98 Å². The Hall–Kier alpha value is -4.74. The summed E-state index contributed by atoms with van der Waals surface area (Å²) < 4.78 is 168. The Labute approximate surface area is 285 Å². The molecule has 0 spiro atoms. The van der Waals surface area contributed by atoms with Crippen molar-refractivity contribution in [1.82, 2.24) is 14.8 Å². The highest BCUT2D eigenvalue weighted by Gasteiger charge is 2.45. The number of carbonyl (C=O) groups is 2. The van der Waals surface area contributed by atoms with Crippen molar-refractivity contribution < 1.29 is 67.0 Å². The lowest BCUT2D eigenvalue weighted by Crippen LogP contribution is -2.58. The number of benzene rings is 3. The number of ether oxygens (including phenoxy) is 1. The van der Waals surface area contributed by atoms with Crippen LogP contribution in [0.5, 0.6) is 0 Å². The number of para-hydroxylation sites is 1. The van der Waals surface area contributed by atoms with Gasteiger partial charge in [-0.15, -0.1) is 0 Å². The molecular formula is C34H25F12N3O3. The first-order valence-corrected chi connectivity index (χ1v) is 15.5. The highest BCUT2D eigenvalue weighted by molar-refractivity contribution is 5.95. The molecule has 2 fully saturated rings. The number of halogens is 12. The molecule has 18 heteroatoms. The highest BCUT2D eigenvalue weighted by Crippen LogP contribution is 2.39. The van der Waals surface area contributed by atoms with E-state index < -0.39 is 88.2 Å². The number of aromatic nitrogens is 1. The fraction of sp³-hybridized carbons (Fsp3) is 0.353. The Bertz CT molecular complexity index is 1930. The van der Waals surface area contributed by atoms with Crippen LogP contribution in [0.3, 0.4) is 0 Å². The molecule has 6 nitrogen and oxygen atoms in total. The van der Waals surface area contributed by atoms with Crippen LogP contribution in [0.25, 0.3) is 10.9 Å². The Morgan fingerprint density at radius 2 is 1.21 bits per heavy atom. The second kappa shape index (κ2) is 13.0. The first-order valence-electron chi connectivity index (χ1n) is 15.5. The van der Waals surface area contributed by atoms with Crippen molar-refractivity contribution in [1.29, 1.82) is 0 Å². The molecule has 6 rings (SSSR count). The number of rotatable bonds is 5. The number of carbonyl (C=O) groups excluding carboxylic acids is 2. The molecule has 52 heavy (non-hydrogen) atoms. The predicted octanol–water partition coefficient (Wildman–Crippen LogP) is 8.61. The number of aromatic amines is 1. The lowest BCUT2D eigenvalue weighted by atomic mass is 9.97. The number of alkyl halides is 12. The molecule has 3 atom stereocenters. The normalized spacial score (nSPS) is 20.3. The first kappa shape index (κ1) is 37.0. The van der Waals surface area contributed by atoms with Gasteiger partial charge in [-0.05, 0) is 54.4 Å². The van der Waals surface area contributed by atoms with E-state index in [0.29, 0.717) is 23.2 Å². The van der Waals surface area contributed by atoms with Crippen LogP contribution in [-0.4, -0.2) is 64.5 Å². The van der Waals surface area contributed by atoms with Gasteiger partial charge in [0.05, 0.1) is 27.8 Å². The average Bonchev–Trinajstić information content (AvgIpc) is 3.65. The van der Waals surface area contributed by atoms with Crippen LogP contribution in [0.15, 0.2) is 66.9 Å². The topological polar surface area (TPSA) is 65.6 Å². The zero-order chi connectivity index (χ0) is 38.0. The lowest BCUT2D eigenvalue weighted by Gasteiger charge is -2.43. The van der Waals surface area contributed by atoms with Crippen LogP contribution < -0.4 is 0 Å². The Morgan fingerprint density at radius 3 is 1.75 bits per heavy atom. The molecule has 1 amide bonds. The molecule has 4 aromatic rings. The van der Waals surface area contributed by atoms with Crippen molar-refractivity contribution in [3.8, 4) is 0 Å². The number of nitrogens with one attached hydrogen (secondary N) is 1. The maximum absolute atomic E-state index is 13.9. The summed E-state index contributed by atoms with van der Waals surface area (Å²) in [6.45, 7) is -0.355. The van der Waals surface area contributed by atoms with E-state index in [1.807, 2.05) is 0 Å². The highest BCUT2D eigenvalue weighted by atomic mass is 19.4. The van der Waals surface area contributed by atoms with Gasteiger partial charge >= 0.3 is 30.7 Å². The summed E-state index contributed by atoms with van der Waals surface area (Å²) in [7, 11) is 0. The molecular weight excluding hydrogens is 726 g/mol. The van der Waals surface area contributed by atoms with Gasteiger partial charge in [-0.2, -0.15) is 52.7 Å². The van der Waals surface area contributed by atoms with Gasteiger partial charge in [-0.3, -0.25) is 9.69 Å². The van der Waals surface area contributed by atoms with Crippen LogP contribution in [-0.2, 0) is 35.9 Å². The molecule has 0 radical (unpaired) electrons. The molecule has 3 heterocycles. The van der Waals surface area contributed by atoms with Gasteiger partial charge in [0.15, 0.2) is 0 Å². The minimum Gasteiger partial charge on any atom is -0.457 e. The molecule has 2 aliphatic heterocycles. The summed E-state index contributed by atoms with van der Waals surface area (Å²) in [5.74, 6) is -2.61. The number of hydrogen-bond donors (Lipinski definition) is 1. The zero-order valence-corrected chi connectivity index (χ0v) is 26.3. The number of esters is 1. The maximum atomic E-state index is 13.9. The monoisotopic (exact) mass is 751 g/mol. The third kappa shape index (κ3) is 7.71. The minimum absolute atomic E-state index is 0.0170. The Balaban J connectivity index is 1.30. The van der Waals surface area contributed by atoms with E-state index in [1.165, 1.54) is 0 Å². The lowest BCUT2D eigenvalue weighted by molar-refractivity contribution is -0.144. The smallest absolute Gasteiger partial charge is 0.416 e. The summed E-state index contributed by atoms with van der Waals surface area (Å²) >= 11 is 0. The molecule has 0 unspecified atom stereocenters. The fourth-order valence-corrected chi connectivity index (χ4v) is 6.70. The van der Waals surface area contributed by atoms with Crippen LogP contribution in [0.1, 0.15) is 55.0 Å². The number of hydrogen-bond acceptors (Lipinski definition) is 4. The molecule has 0 saturated carbocycles. The van der Waals surface area contributed by atoms with E-state index in [-0.39, 0.29) is 56.7 Å². The van der Waals surface area contributed by atoms with E-state index in [9.17, 15) is 62.3 Å². The van der Waals surface area contributed by atoms with Gasteiger partial charge in [0.2, 0.25) is 0 Å². The van der Waals surface area contributed by atoms with Crippen molar-refractivity contribution in [2.45, 2.75) is 55.7 Å². The van der Waals surface area contributed by atoms with Crippen molar-refractivity contribution in [3.05, 3.63) is 106 Å². The third-order valence-electron chi connectivity index (χ3n) is 9.11. The second-order valence-corrected chi connectivity index (χ2v) is 12.6. The van der Waals surface area contributed by atoms with Gasteiger partial charge in [-0.25, -0.2) is 4.79 Å². The zero-order valence-electron chi connectivity index (χ0n) is 26.3. The standard InChI is InChI=1S/C34H25F12N3O3/c35-31(36,37)20-5-17(6-21(10-20)32(38,39)40)29(50)49-15-24-12-26(16-48(24)14-25(49)9-19-13-47-28-4-2-1-3-27(19)28)52-30(51)18-7-22(33(41,42)43)11-23(8-18)34(44,45)46/h1-8,10-11,13,24-26,47H,9,12,14-16H2/t24-,25+,26+/m0/s1. The van der Waals surface area contributed by atoms with Crippen LogP contribution >= 0.6 is 0 Å². The van der Waals surface area contributed by atoms with Crippen molar-refractivity contribution in [2.75, 3.05) is 19.6 Å². The molecule has 1 N–H and O–H groups in total. The average molecular weight is 752 g/mol. The Morgan fingerprint density at radius 1 is 0.692 bits per heavy atom. The number of amides is 1. The van der Waals surface area contributed by atoms with E-state index >= 15 is 0 Å². The molecule has 0 bridgehead atoms. The fourth-order valence-electron chi connectivity index (χ4n) is 6.70. The van der Waals surface area contributed by atoms with Gasteiger partial charge < -0.3 is 14.6 Å². The number of piperazine rings is 1. The number of nitrogens with zero attached hydrogens (tertiary/aromatic N) is 2. The summed E-state index contributed by atoms with van der Waals surface area (Å²) in [6.07, 6.45) is -20.4. The molecule has 278 valence electrons. The van der Waals surface area contributed by atoms with Crippen molar-refractivity contribution >= 4 is 22.8 Å². The summed E-state index contributed by atoms with van der Waals surface area (Å²) in [4.78, 5) is 32.8. The summed E-state index contributed by atoms with van der Waals surface area (Å²) in [5, 5.41) is 0.739. The number of H-pyrrole nitrogens is 1. The van der Waals surface area contributed by atoms with Crippen molar-refractivity contribution in [2.24, 2.45) is 0 Å². The largest absolute Gasteiger partial charge is 0.457 e. The molecule has 1 aromatic heterocycles. The second-order valence-electron chi connectivity index (χ2n) is 12.6. The molecule has 0 aliphatic carbocycles. The summed E-state index contributed by atoms with van der Waals surface area (Å²) in [5.41, 5.74) is -7.32. The molecule has 3 aromatic carbocycles. The van der Waals surface area contributed by atoms with Crippen LogP contribution in [0, 0.1) is 0 Å². The van der Waals surface area contributed by atoms with Gasteiger partial charge in [0.25, 0.3) is 5.91 Å². The van der Waals surface area contributed by atoms with Crippen LogP contribution in [0.4, 0.5) is 52.7 Å². The maximum Gasteiger partial charge on any atom is 0.416 e. The van der Waals surface area contributed by atoms with E-state index in [0.717, 1.165) is 10.3 Å². The van der Waals surface area contributed by atoms with Gasteiger partial charge in [-0.1, -0.05) is 18.2 Å².